The fourth-order valence-electron chi connectivity index (χ4n) is 13.0. The van der Waals surface area contributed by atoms with E-state index in [2.05, 4.69) is 33.8 Å². The maximum absolute atomic E-state index is 14.5. The topological polar surface area (TPSA) is 175 Å². The van der Waals surface area contributed by atoms with E-state index in [-0.39, 0.29) is 40.3 Å². The molecule has 0 spiro atoms. The van der Waals surface area contributed by atoms with Crippen LogP contribution >= 0.6 is 0 Å². The normalized spacial score (nSPS) is 57.0. The molecule has 0 amide bonds. The number of hydrogen-bond acceptors (Lipinski definition) is 11. The minimum atomic E-state index is -1.69. The molecule has 6 N–H and O–H groups in total. The van der Waals surface area contributed by atoms with Gasteiger partial charge in [0.15, 0.2) is 6.29 Å². The lowest BCUT2D eigenvalue weighted by Gasteiger charge is -2.72. The smallest absolute Gasteiger partial charge is 0.315 e. The Balaban J connectivity index is 1.24. The molecule has 0 radical (unpaired) electrons. The SMILES string of the molecule is CC1CCC2(C(=O)OC3OC(CO)C(O)C(O)C3O)CCC3(C)C(=CCC4C5(C)CCC6OC(CO)OCC6(C)C5CCC43C)C2C1(C)O. The Hall–Kier alpha value is -1.15. The zero-order valence-corrected chi connectivity index (χ0v) is 30.1. The highest BCUT2D eigenvalue weighted by Gasteiger charge is 2.72. The number of allylic oxidation sites excluding steroid dienone is 1. The monoisotopic (exact) mass is 692 g/mol. The van der Waals surface area contributed by atoms with Crippen molar-refractivity contribution in [1.29, 1.82) is 0 Å². The fraction of sp³-hybridized carbons (Fsp3) is 0.921. The van der Waals surface area contributed by atoms with Crippen molar-refractivity contribution in [1.82, 2.24) is 0 Å². The summed E-state index contributed by atoms with van der Waals surface area (Å²) in [6.07, 6.45) is 1.38. The number of ether oxygens (including phenoxy) is 4. The predicted octanol–water partition coefficient (Wildman–Crippen LogP) is 2.82. The molecule has 7 rings (SSSR count). The first kappa shape index (κ1) is 36.2. The van der Waals surface area contributed by atoms with Gasteiger partial charge in [0.05, 0.1) is 36.9 Å². The number of rotatable bonds is 4. The lowest BCUT2D eigenvalue weighted by Crippen LogP contribution is -2.69. The van der Waals surface area contributed by atoms with Gasteiger partial charge < -0.3 is 49.6 Å². The summed E-state index contributed by atoms with van der Waals surface area (Å²) in [7, 11) is 0. The summed E-state index contributed by atoms with van der Waals surface area (Å²) in [5, 5.41) is 63.4. The molecule has 0 aromatic carbocycles. The first-order valence-corrected chi connectivity index (χ1v) is 18.8. The summed E-state index contributed by atoms with van der Waals surface area (Å²) in [5.41, 5.74) is -1.66. The zero-order valence-electron chi connectivity index (χ0n) is 30.1. The van der Waals surface area contributed by atoms with Crippen LogP contribution in [0.3, 0.4) is 0 Å². The van der Waals surface area contributed by atoms with Crippen molar-refractivity contribution in [3.8, 4) is 0 Å². The highest BCUT2D eigenvalue weighted by Crippen LogP contribution is 2.76. The highest BCUT2D eigenvalue weighted by atomic mass is 16.7. The number of esters is 1. The standard InChI is InChI=1S/C38H60O11/c1-20-9-14-38(32(44)49-31-29(43)28(42)27(41)22(17-39)47-31)16-15-35(4)21(30(38)37(20,6)45)7-8-24-33(2)12-11-25-34(3,19-46-26(18-40)48-25)23(33)10-13-36(24,35)5/h7,20,22-31,39-43,45H,8-19H2,1-6H3. The number of aliphatic hydroxyl groups excluding tert-OH is 5. The maximum atomic E-state index is 14.5. The van der Waals surface area contributed by atoms with E-state index >= 15 is 0 Å². The van der Waals surface area contributed by atoms with Gasteiger partial charge >= 0.3 is 5.97 Å². The molecule has 7 aliphatic rings. The van der Waals surface area contributed by atoms with Crippen LogP contribution in [-0.2, 0) is 23.7 Å². The van der Waals surface area contributed by atoms with E-state index in [0.717, 1.165) is 44.1 Å². The van der Waals surface area contributed by atoms with E-state index in [1.165, 1.54) is 0 Å². The lowest BCUT2D eigenvalue weighted by molar-refractivity contribution is -0.320. The van der Waals surface area contributed by atoms with Gasteiger partial charge in [0.25, 0.3) is 0 Å². The number of fused-ring (bicyclic) bond motifs is 9. The van der Waals surface area contributed by atoms with Crippen molar-refractivity contribution in [2.45, 2.75) is 148 Å². The molecule has 0 aromatic rings. The number of hydrogen-bond donors (Lipinski definition) is 6. The summed E-state index contributed by atoms with van der Waals surface area (Å²) in [6, 6.07) is 0. The minimum Gasteiger partial charge on any atom is -0.432 e. The van der Waals surface area contributed by atoms with Crippen molar-refractivity contribution in [3.05, 3.63) is 11.6 Å². The summed E-state index contributed by atoms with van der Waals surface area (Å²) in [6.45, 7) is 13.3. The van der Waals surface area contributed by atoms with Crippen LogP contribution in [-0.4, -0.2) is 105 Å². The van der Waals surface area contributed by atoms with Gasteiger partial charge in [0, 0.05) is 11.3 Å². The zero-order chi connectivity index (χ0) is 35.5. The van der Waals surface area contributed by atoms with Crippen LogP contribution in [0.5, 0.6) is 0 Å². The van der Waals surface area contributed by atoms with Gasteiger partial charge in [0.2, 0.25) is 6.29 Å². The quantitative estimate of drug-likeness (QED) is 0.189. The van der Waals surface area contributed by atoms with Crippen LogP contribution in [0, 0.1) is 50.7 Å². The van der Waals surface area contributed by atoms with E-state index in [4.69, 9.17) is 18.9 Å². The van der Waals surface area contributed by atoms with Gasteiger partial charge in [-0.3, -0.25) is 4.79 Å². The maximum Gasteiger partial charge on any atom is 0.315 e. The molecule has 2 heterocycles. The van der Waals surface area contributed by atoms with Gasteiger partial charge in [-0.2, -0.15) is 0 Å². The van der Waals surface area contributed by atoms with Crippen molar-refractivity contribution >= 4 is 5.97 Å². The molecule has 17 atom stereocenters. The van der Waals surface area contributed by atoms with Crippen LogP contribution in [0.25, 0.3) is 0 Å². The largest absolute Gasteiger partial charge is 0.432 e. The Bertz CT molecular complexity index is 1330. The first-order valence-electron chi connectivity index (χ1n) is 18.8. The molecule has 2 aliphatic heterocycles. The second kappa shape index (κ2) is 11.9. The Morgan fingerprint density at radius 3 is 2.29 bits per heavy atom. The Kier molecular flexibility index (Phi) is 8.82. The average molecular weight is 693 g/mol. The summed E-state index contributed by atoms with van der Waals surface area (Å²) >= 11 is 0. The molecule has 2 saturated heterocycles. The van der Waals surface area contributed by atoms with Crippen LogP contribution in [0.15, 0.2) is 11.6 Å². The van der Waals surface area contributed by atoms with Crippen LogP contribution in [0.1, 0.15) is 99.3 Å². The molecule has 11 heteroatoms. The Morgan fingerprint density at radius 2 is 1.59 bits per heavy atom. The summed E-state index contributed by atoms with van der Waals surface area (Å²) in [4.78, 5) is 14.5. The van der Waals surface area contributed by atoms with Gasteiger partial charge in [-0.15, -0.1) is 0 Å². The Labute approximate surface area is 290 Å². The van der Waals surface area contributed by atoms with E-state index in [1.54, 1.807) is 0 Å². The second-order valence-electron chi connectivity index (χ2n) is 18.2. The highest BCUT2D eigenvalue weighted by molar-refractivity contribution is 5.79. The van der Waals surface area contributed by atoms with Crippen molar-refractivity contribution in [2.24, 2.45) is 50.7 Å². The van der Waals surface area contributed by atoms with Gasteiger partial charge in [-0.25, -0.2) is 0 Å². The van der Waals surface area contributed by atoms with E-state index in [1.807, 2.05) is 13.8 Å². The van der Waals surface area contributed by atoms with Gasteiger partial charge in [-0.1, -0.05) is 46.3 Å². The minimum absolute atomic E-state index is 0.0288. The van der Waals surface area contributed by atoms with Crippen LogP contribution in [0.4, 0.5) is 0 Å². The number of carbonyl (C=O) groups excluding carboxylic acids is 1. The predicted molar refractivity (Wildman–Crippen MR) is 176 cm³/mol. The molecular weight excluding hydrogens is 632 g/mol. The fourth-order valence-corrected chi connectivity index (χ4v) is 13.0. The molecule has 278 valence electrons. The van der Waals surface area contributed by atoms with Crippen molar-refractivity contribution < 1.29 is 54.4 Å². The third-order valence-electron chi connectivity index (χ3n) is 16.3. The third kappa shape index (κ3) is 4.82. The molecule has 4 saturated carbocycles. The van der Waals surface area contributed by atoms with Gasteiger partial charge in [0.1, 0.15) is 24.4 Å². The van der Waals surface area contributed by atoms with E-state index in [0.29, 0.717) is 37.7 Å². The van der Waals surface area contributed by atoms with E-state index < -0.39 is 66.5 Å². The number of carbonyl (C=O) groups is 1. The summed E-state index contributed by atoms with van der Waals surface area (Å²) in [5.74, 6) is -0.405. The molecule has 6 fully saturated rings. The van der Waals surface area contributed by atoms with Crippen molar-refractivity contribution in [2.75, 3.05) is 19.8 Å². The number of aliphatic hydroxyl groups is 6. The molecule has 49 heavy (non-hydrogen) atoms. The van der Waals surface area contributed by atoms with Gasteiger partial charge in [-0.05, 0) is 98.7 Å². The molecular formula is C38H60O11. The average Bonchev–Trinajstić information content (AvgIpc) is 3.06. The van der Waals surface area contributed by atoms with E-state index in [9.17, 15) is 35.4 Å². The molecule has 0 bridgehead atoms. The molecule has 11 nitrogen and oxygen atoms in total. The van der Waals surface area contributed by atoms with Crippen LogP contribution < -0.4 is 0 Å². The summed E-state index contributed by atoms with van der Waals surface area (Å²) < 4.78 is 23.9. The Morgan fingerprint density at radius 1 is 0.857 bits per heavy atom. The molecule has 0 aromatic heterocycles. The molecule has 17 unspecified atom stereocenters. The first-order chi connectivity index (χ1) is 22.9. The molecule has 5 aliphatic carbocycles. The third-order valence-corrected chi connectivity index (χ3v) is 16.3. The second-order valence-corrected chi connectivity index (χ2v) is 18.2. The van der Waals surface area contributed by atoms with Crippen molar-refractivity contribution in [3.63, 3.8) is 0 Å². The van der Waals surface area contributed by atoms with Crippen LogP contribution in [0.2, 0.25) is 0 Å². The lowest BCUT2D eigenvalue weighted by atomic mass is 9.33.